The lowest BCUT2D eigenvalue weighted by molar-refractivity contribution is 0.628. The minimum Gasteiger partial charge on any atom is -0.368 e. The van der Waals surface area contributed by atoms with E-state index in [0.29, 0.717) is 11.4 Å². The van der Waals surface area contributed by atoms with E-state index in [2.05, 4.69) is 15.1 Å². The molecule has 0 fully saturated rings. The monoisotopic (exact) mass is 331 g/mol. The van der Waals surface area contributed by atoms with Crippen LogP contribution in [0.25, 0.3) is 28.2 Å². The summed E-state index contributed by atoms with van der Waals surface area (Å²) in [5, 5.41) is 4.68. The molecule has 2 heterocycles. The summed E-state index contributed by atoms with van der Waals surface area (Å²) < 4.78 is 15.1. The van der Waals surface area contributed by atoms with E-state index in [0.717, 1.165) is 16.8 Å². The summed E-state index contributed by atoms with van der Waals surface area (Å²) in [4.78, 5) is 8.23. The molecular weight excluding hydrogens is 317 g/mol. The summed E-state index contributed by atoms with van der Waals surface area (Å²) in [5.41, 5.74) is 9.59. The van der Waals surface area contributed by atoms with Gasteiger partial charge < -0.3 is 5.73 Å². The second-order valence-corrected chi connectivity index (χ2v) is 5.48. The van der Waals surface area contributed by atoms with Gasteiger partial charge in [-0.05, 0) is 42.5 Å². The number of benzene rings is 2. The normalized spacial score (nSPS) is 10.8. The van der Waals surface area contributed by atoms with Gasteiger partial charge in [0.15, 0.2) is 0 Å². The average molecular weight is 331 g/mol. The molecule has 6 heteroatoms. The van der Waals surface area contributed by atoms with Crippen molar-refractivity contribution < 1.29 is 4.39 Å². The summed E-state index contributed by atoms with van der Waals surface area (Å²) in [6.07, 6.45) is 3.49. The second-order valence-electron chi connectivity index (χ2n) is 5.48. The lowest BCUT2D eigenvalue weighted by Gasteiger charge is -2.02. The average Bonchev–Trinajstić information content (AvgIpc) is 3.08. The highest BCUT2D eigenvalue weighted by atomic mass is 19.1. The molecular formula is C19H14FN5. The molecule has 0 aliphatic heterocycles. The Morgan fingerprint density at radius 3 is 2.40 bits per heavy atom. The van der Waals surface area contributed by atoms with Crippen molar-refractivity contribution in [2.75, 3.05) is 5.73 Å². The van der Waals surface area contributed by atoms with Crippen LogP contribution in [-0.4, -0.2) is 19.7 Å². The fourth-order valence-electron chi connectivity index (χ4n) is 2.62. The third-order valence-corrected chi connectivity index (χ3v) is 3.80. The molecule has 5 nitrogen and oxygen atoms in total. The minimum atomic E-state index is -0.293. The molecule has 0 radical (unpaired) electrons. The van der Waals surface area contributed by atoms with Crippen molar-refractivity contribution in [1.29, 1.82) is 0 Å². The number of aromatic nitrogens is 4. The first-order chi connectivity index (χ1) is 12.2. The summed E-state index contributed by atoms with van der Waals surface area (Å²) in [6, 6.07) is 17.7. The van der Waals surface area contributed by atoms with Crippen LogP contribution in [0.3, 0.4) is 0 Å². The topological polar surface area (TPSA) is 69.6 Å². The Kier molecular flexibility index (Phi) is 3.70. The maximum Gasteiger partial charge on any atom is 0.220 e. The zero-order chi connectivity index (χ0) is 17.2. The molecule has 4 aromatic rings. The van der Waals surface area contributed by atoms with Crippen LogP contribution in [0, 0.1) is 5.82 Å². The molecule has 4 rings (SSSR count). The molecule has 0 atom stereocenters. The third kappa shape index (κ3) is 2.97. The van der Waals surface area contributed by atoms with Gasteiger partial charge in [-0.1, -0.05) is 18.2 Å². The molecule has 0 spiro atoms. The Labute approximate surface area is 143 Å². The number of anilines is 1. The fourth-order valence-corrected chi connectivity index (χ4v) is 2.62. The highest BCUT2D eigenvalue weighted by Gasteiger charge is 2.15. The maximum absolute atomic E-state index is 13.3. The Balaban J connectivity index is 1.91. The molecule has 2 aromatic heterocycles. The van der Waals surface area contributed by atoms with Crippen molar-refractivity contribution in [2.45, 2.75) is 0 Å². The van der Waals surface area contributed by atoms with E-state index < -0.39 is 0 Å². The van der Waals surface area contributed by atoms with Gasteiger partial charge in [-0.25, -0.2) is 19.0 Å². The Hall–Kier alpha value is -3.54. The van der Waals surface area contributed by atoms with Gasteiger partial charge >= 0.3 is 0 Å². The number of nitrogens with two attached hydrogens (primary N) is 1. The van der Waals surface area contributed by atoms with E-state index in [4.69, 9.17) is 5.73 Å². The van der Waals surface area contributed by atoms with Gasteiger partial charge in [0.25, 0.3) is 0 Å². The SMILES string of the molecule is Nc1nccc(-c2cn(-c3ccccc3)nc2-c2ccc(F)cc2)n1. The Morgan fingerprint density at radius 2 is 1.68 bits per heavy atom. The number of nitrogens with zero attached hydrogens (tertiary/aromatic N) is 4. The highest BCUT2D eigenvalue weighted by molar-refractivity contribution is 5.79. The first kappa shape index (κ1) is 15.0. The van der Waals surface area contributed by atoms with Gasteiger partial charge in [0, 0.05) is 23.5 Å². The van der Waals surface area contributed by atoms with Crippen LogP contribution in [0.4, 0.5) is 10.3 Å². The number of para-hydroxylation sites is 1. The van der Waals surface area contributed by atoms with Gasteiger partial charge in [0.05, 0.1) is 11.4 Å². The van der Waals surface area contributed by atoms with Crippen molar-refractivity contribution in [3.63, 3.8) is 0 Å². The summed E-state index contributed by atoms with van der Waals surface area (Å²) in [6.45, 7) is 0. The number of hydrogen-bond donors (Lipinski definition) is 1. The predicted octanol–water partition coefficient (Wildman–Crippen LogP) is 3.72. The Morgan fingerprint density at radius 1 is 0.920 bits per heavy atom. The van der Waals surface area contributed by atoms with E-state index in [9.17, 15) is 4.39 Å². The van der Waals surface area contributed by atoms with Crippen molar-refractivity contribution in [3.8, 4) is 28.2 Å². The zero-order valence-electron chi connectivity index (χ0n) is 13.2. The number of hydrogen-bond acceptors (Lipinski definition) is 4. The van der Waals surface area contributed by atoms with E-state index in [-0.39, 0.29) is 11.8 Å². The molecule has 0 aliphatic rings. The van der Waals surface area contributed by atoms with Crippen LogP contribution in [-0.2, 0) is 0 Å². The van der Waals surface area contributed by atoms with E-state index >= 15 is 0 Å². The van der Waals surface area contributed by atoms with Crippen LogP contribution >= 0.6 is 0 Å². The molecule has 2 aromatic carbocycles. The molecule has 25 heavy (non-hydrogen) atoms. The molecule has 0 saturated carbocycles. The first-order valence-electron chi connectivity index (χ1n) is 7.70. The molecule has 0 aliphatic carbocycles. The fraction of sp³-hybridized carbons (Fsp3) is 0. The predicted molar refractivity (Wildman–Crippen MR) is 94.4 cm³/mol. The maximum atomic E-state index is 13.3. The smallest absolute Gasteiger partial charge is 0.220 e. The largest absolute Gasteiger partial charge is 0.368 e. The summed E-state index contributed by atoms with van der Waals surface area (Å²) >= 11 is 0. The minimum absolute atomic E-state index is 0.190. The van der Waals surface area contributed by atoms with Gasteiger partial charge in [-0.15, -0.1) is 0 Å². The van der Waals surface area contributed by atoms with Crippen LogP contribution in [0.1, 0.15) is 0 Å². The Bertz CT molecular complexity index is 1010. The van der Waals surface area contributed by atoms with E-state index in [1.807, 2.05) is 36.5 Å². The second kappa shape index (κ2) is 6.16. The number of halogens is 1. The van der Waals surface area contributed by atoms with Crippen molar-refractivity contribution >= 4 is 5.95 Å². The quantitative estimate of drug-likeness (QED) is 0.621. The van der Waals surface area contributed by atoms with Gasteiger partial charge in [-0.3, -0.25) is 0 Å². The lowest BCUT2D eigenvalue weighted by atomic mass is 10.1. The molecule has 0 saturated heterocycles. The number of rotatable bonds is 3. The van der Waals surface area contributed by atoms with Crippen LogP contribution in [0.5, 0.6) is 0 Å². The molecule has 2 N–H and O–H groups in total. The van der Waals surface area contributed by atoms with Crippen LogP contribution in [0.2, 0.25) is 0 Å². The van der Waals surface area contributed by atoms with Crippen molar-refractivity contribution in [2.24, 2.45) is 0 Å². The standard InChI is InChI=1S/C19H14FN5/c20-14-8-6-13(7-9-14)18-16(17-10-11-22-19(21)23-17)12-25(24-18)15-4-2-1-3-5-15/h1-12H,(H2,21,22,23). The van der Waals surface area contributed by atoms with Crippen LogP contribution in [0.15, 0.2) is 73.1 Å². The lowest BCUT2D eigenvalue weighted by Crippen LogP contribution is -1.95. The molecule has 0 unspecified atom stereocenters. The summed E-state index contributed by atoms with van der Waals surface area (Å²) in [5.74, 6) is -0.103. The third-order valence-electron chi connectivity index (χ3n) is 3.80. The molecule has 0 bridgehead atoms. The number of nitrogen functional groups attached to an aromatic ring is 1. The molecule has 122 valence electrons. The van der Waals surface area contributed by atoms with Gasteiger partial charge in [0.2, 0.25) is 5.95 Å². The van der Waals surface area contributed by atoms with Crippen molar-refractivity contribution in [3.05, 3.63) is 78.9 Å². The van der Waals surface area contributed by atoms with Crippen LogP contribution < -0.4 is 5.73 Å². The van der Waals surface area contributed by atoms with Gasteiger partial charge in [0.1, 0.15) is 11.5 Å². The summed E-state index contributed by atoms with van der Waals surface area (Å²) in [7, 11) is 0. The zero-order valence-corrected chi connectivity index (χ0v) is 13.2. The van der Waals surface area contributed by atoms with E-state index in [1.165, 1.54) is 12.1 Å². The highest BCUT2D eigenvalue weighted by Crippen LogP contribution is 2.31. The van der Waals surface area contributed by atoms with E-state index in [1.54, 1.807) is 29.1 Å². The van der Waals surface area contributed by atoms with Crippen molar-refractivity contribution in [1.82, 2.24) is 19.7 Å². The van der Waals surface area contributed by atoms with Gasteiger partial charge in [-0.2, -0.15) is 5.10 Å². The first-order valence-corrected chi connectivity index (χ1v) is 7.70. The molecule has 0 amide bonds.